The van der Waals surface area contributed by atoms with Crippen molar-refractivity contribution in [3.8, 4) is 5.75 Å². The number of nitrogens with zero attached hydrogens (tertiary/aromatic N) is 2. The first-order valence-electron chi connectivity index (χ1n) is 10.2. The van der Waals surface area contributed by atoms with E-state index in [1.165, 1.54) is 6.07 Å². The van der Waals surface area contributed by atoms with Gasteiger partial charge in [-0.15, -0.1) is 0 Å². The normalized spacial score (nSPS) is 21.5. The number of likely N-dealkylation sites (tertiary alicyclic amines) is 1. The van der Waals surface area contributed by atoms with Gasteiger partial charge in [0.1, 0.15) is 23.7 Å². The summed E-state index contributed by atoms with van der Waals surface area (Å²) in [5.74, 6) is -0.0909. The van der Waals surface area contributed by atoms with Gasteiger partial charge >= 0.3 is 0 Å². The molecule has 0 unspecified atom stereocenters. The lowest BCUT2D eigenvalue weighted by molar-refractivity contribution is -0.146. The van der Waals surface area contributed by atoms with E-state index in [0.29, 0.717) is 50.6 Å². The van der Waals surface area contributed by atoms with Gasteiger partial charge in [0.15, 0.2) is 0 Å². The topological polar surface area (TPSA) is 59.1 Å². The van der Waals surface area contributed by atoms with Crippen molar-refractivity contribution in [2.45, 2.75) is 25.0 Å². The summed E-state index contributed by atoms with van der Waals surface area (Å²) < 4.78 is 25.4. The highest BCUT2D eigenvalue weighted by molar-refractivity contribution is 5.89. The predicted molar refractivity (Wildman–Crippen MR) is 108 cm³/mol. The third kappa shape index (κ3) is 4.62. The van der Waals surface area contributed by atoms with E-state index in [1.807, 2.05) is 30.3 Å². The van der Waals surface area contributed by atoms with Crippen LogP contribution in [0, 0.1) is 5.82 Å². The standard InChI is InChI=1S/C23H25FN2O4/c24-20-9-5-4-6-17(20)14-22(27)26-16-19(30-18-7-2-1-3-8-18)15-21(26)23(28)25-10-12-29-13-11-25/h1-9,19,21H,10-16H2/t19-,21+/m0/s1. The van der Waals surface area contributed by atoms with E-state index < -0.39 is 11.9 Å². The van der Waals surface area contributed by atoms with E-state index >= 15 is 0 Å². The number of hydrogen-bond donors (Lipinski definition) is 0. The molecule has 0 aromatic heterocycles. The zero-order valence-corrected chi connectivity index (χ0v) is 16.7. The van der Waals surface area contributed by atoms with Crippen LogP contribution in [-0.4, -0.2) is 66.6 Å². The van der Waals surface area contributed by atoms with Gasteiger partial charge < -0.3 is 19.3 Å². The maximum absolute atomic E-state index is 14.1. The average Bonchev–Trinajstić information content (AvgIpc) is 3.20. The average molecular weight is 412 g/mol. The van der Waals surface area contributed by atoms with Crippen LogP contribution in [0.4, 0.5) is 4.39 Å². The number of carbonyl (C=O) groups is 2. The number of hydrogen-bond acceptors (Lipinski definition) is 4. The van der Waals surface area contributed by atoms with Crippen LogP contribution < -0.4 is 4.74 Å². The Labute approximate surface area is 175 Å². The fourth-order valence-corrected chi connectivity index (χ4v) is 3.98. The second-order valence-electron chi connectivity index (χ2n) is 7.56. The molecule has 0 saturated carbocycles. The molecule has 2 aromatic rings. The third-order valence-corrected chi connectivity index (χ3v) is 5.54. The van der Waals surface area contributed by atoms with Gasteiger partial charge in [0.05, 0.1) is 26.2 Å². The molecule has 7 heteroatoms. The van der Waals surface area contributed by atoms with E-state index in [0.717, 1.165) is 0 Å². The fraction of sp³-hybridized carbons (Fsp3) is 0.391. The summed E-state index contributed by atoms with van der Waals surface area (Å²) >= 11 is 0. The Balaban J connectivity index is 1.51. The van der Waals surface area contributed by atoms with Crippen molar-refractivity contribution in [3.05, 3.63) is 66.0 Å². The van der Waals surface area contributed by atoms with Crippen molar-refractivity contribution in [1.82, 2.24) is 9.80 Å². The molecule has 4 rings (SSSR count). The first-order valence-corrected chi connectivity index (χ1v) is 10.2. The lowest BCUT2D eigenvalue weighted by Crippen LogP contribution is -2.51. The van der Waals surface area contributed by atoms with Crippen LogP contribution in [0.2, 0.25) is 0 Å². The van der Waals surface area contributed by atoms with Crippen LogP contribution in [0.15, 0.2) is 54.6 Å². The predicted octanol–water partition coefficient (Wildman–Crippen LogP) is 2.28. The van der Waals surface area contributed by atoms with Crippen molar-refractivity contribution in [2.24, 2.45) is 0 Å². The largest absolute Gasteiger partial charge is 0.488 e. The van der Waals surface area contributed by atoms with E-state index in [-0.39, 0.29) is 24.3 Å². The monoisotopic (exact) mass is 412 g/mol. The van der Waals surface area contributed by atoms with Crippen molar-refractivity contribution < 1.29 is 23.5 Å². The van der Waals surface area contributed by atoms with Gasteiger partial charge in [-0.05, 0) is 23.8 Å². The lowest BCUT2D eigenvalue weighted by atomic mass is 10.1. The van der Waals surface area contributed by atoms with Crippen LogP contribution in [0.1, 0.15) is 12.0 Å². The van der Waals surface area contributed by atoms with Gasteiger partial charge in [-0.3, -0.25) is 9.59 Å². The molecule has 0 N–H and O–H groups in total. The lowest BCUT2D eigenvalue weighted by Gasteiger charge is -2.32. The minimum Gasteiger partial charge on any atom is -0.488 e. The van der Waals surface area contributed by atoms with Crippen LogP contribution in [0.3, 0.4) is 0 Å². The molecule has 0 spiro atoms. The minimum absolute atomic E-state index is 0.0857. The Morgan fingerprint density at radius 2 is 1.73 bits per heavy atom. The van der Waals surface area contributed by atoms with E-state index in [9.17, 15) is 14.0 Å². The van der Waals surface area contributed by atoms with E-state index in [2.05, 4.69) is 0 Å². The molecule has 2 aromatic carbocycles. The smallest absolute Gasteiger partial charge is 0.245 e. The van der Waals surface area contributed by atoms with Gasteiger partial charge in [0.2, 0.25) is 11.8 Å². The molecule has 2 heterocycles. The van der Waals surface area contributed by atoms with Crippen LogP contribution in [0.25, 0.3) is 0 Å². The first kappa shape index (κ1) is 20.3. The molecule has 2 aliphatic rings. The molecule has 2 amide bonds. The van der Waals surface area contributed by atoms with Gasteiger partial charge in [-0.2, -0.15) is 0 Å². The zero-order valence-electron chi connectivity index (χ0n) is 16.7. The summed E-state index contributed by atoms with van der Waals surface area (Å²) in [5.41, 5.74) is 0.326. The van der Waals surface area contributed by atoms with Gasteiger partial charge in [0, 0.05) is 19.5 Å². The van der Waals surface area contributed by atoms with Crippen molar-refractivity contribution in [3.63, 3.8) is 0 Å². The summed E-state index contributed by atoms with van der Waals surface area (Å²) in [6.45, 7) is 2.30. The highest BCUT2D eigenvalue weighted by atomic mass is 19.1. The maximum Gasteiger partial charge on any atom is 0.245 e. The van der Waals surface area contributed by atoms with Gasteiger partial charge in [-0.1, -0.05) is 36.4 Å². The Morgan fingerprint density at radius 3 is 2.47 bits per heavy atom. The van der Waals surface area contributed by atoms with Crippen LogP contribution in [0.5, 0.6) is 5.75 Å². The molecule has 0 aliphatic carbocycles. The third-order valence-electron chi connectivity index (χ3n) is 5.54. The van der Waals surface area contributed by atoms with Gasteiger partial charge in [-0.25, -0.2) is 4.39 Å². The number of halogens is 1. The summed E-state index contributed by atoms with van der Waals surface area (Å²) in [6, 6.07) is 15.0. The summed E-state index contributed by atoms with van der Waals surface area (Å²) in [7, 11) is 0. The molecule has 0 radical (unpaired) electrons. The number of morpholine rings is 1. The molecular weight excluding hydrogens is 387 g/mol. The molecule has 2 saturated heterocycles. The number of ether oxygens (including phenoxy) is 2. The van der Waals surface area contributed by atoms with Gasteiger partial charge in [0.25, 0.3) is 0 Å². The molecular formula is C23H25FN2O4. The molecule has 2 fully saturated rings. The molecule has 6 nitrogen and oxygen atoms in total. The molecule has 2 atom stereocenters. The summed E-state index contributed by atoms with van der Waals surface area (Å²) in [6.07, 6.45) is 0.0260. The molecule has 30 heavy (non-hydrogen) atoms. The summed E-state index contributed by atoms with van der Waals surface area (Å²) in [5, 5.41) is 0. The quantitative estimate of drug-likeness (QED) is 0.756. The Hall–Kier alpha value is -2.93. The summed E-state index contributed by atoms with van der Waals surface area (Å²) in [4.78, 5) is 29.5. The second kappa shape index (κ2) is 9.26. The minimum atomic E-state index is -0.615. The number of rotatable bonds is 5. The number of benzene rings is 2. The molecule has 158 valence electrons. The van der Waals surface area contributed by atoms with Crippen molar-refractivity contribution in [1.29, 1.82) is 0 Å². The molecule has 2 aliphatic heterocycles. The Kier molecular flexibility index (Phi) is 6.28. The highest BCUT2D eigenvalue weighted by Crippen LogP contribution is 2.26. The first-order chi connectivity index (χ1) is 14.6. The number of carbonyl (C=O) groups excluding carboxylic acids is 2. The SMILES string of the molecule is O=C([C@H]1C[C@H](Oc2ccccc2)CN1C(=O)Cc1ccccc1F)N1CCOCC1. The van der Waals surface area contributed by atoms with E-state index in [4.69, 9.17) is 9.47 Å². The highest BCUT2D eigenvalue weighted by Gasteiger charge is 2.42. The van der Waals surface area contributed by atoms with Crippen LogP contribution >= 0.6 is 0 Å². The van der Waals surface area contributed by atoms with Crippen LogP contribution in [-0.2, 0) is 20.7 Å². The molecule has 0 bridgehead atoms. The number of amides is 2. The second-order valence-corrected chi connectivity index (χ2v) is 7.56. The van der Waals surface area contributed by atoms with E-state index in [1.54, 1.807) is 28.0 Å². The Morgan fingerprint density at radius 1 is 1.03 bits per heavy atom. The number of para-hydroxylation sites is 1. The Bertz CT molecular complexity index is 886. The van der Waals surface area contributed by atoms with Crippen molar-refractivity contribution in [2.75, 3.05) is 32.8 Å². The van der Waals surface area contributed by atoms with Crippen molar-refractivity contribution >= 4 is 11.8 Å². The maximum atomic E-state index is 14.1. The fourth-order valence-electron chi connectivity index (χ4n) is 3.98. The zero-order chi connectivity index (χ0) is 20.9.